The maximum absolute atomic E-state index is 9.54. The van der Waals surface area contributed by atoms with Gasteiger partial charge >= 0.3 is 0 Å². The number of fused-ring (bicyclic) bond motifs is 2. The molecule has 0 aromatic heterocycles. The molecule has 0 amide bonds. The van der Waals surface area contributed by atoms with Gasteiger partial charge in [0.15, 0.2) is 0 Å². The maximum atomic E-state index is 9.54. The number of hydrogen-bond donors (Lipinski definition) is 0. The van der Waals surface area contributed by atoms with E-state index < -0.39 is 0 Å². The van der Waals surface area contributed by atoms with E-state index in [4.69, 9.17) is 0 Å². The minimum absolute atomic E-state index is 0.849. The van der Waals surface area contributed by atoms with Crippen molar-refractivity contribution in [2.45, 2.75) is 26.2 Å². The third-order valence-corrected chi connectivity index (χ3v) is 3.88. The number of rotatable bonds is 3. The summed E-state index contributed by atoms with van der Waals surface area (Å²) in [7, 11) is 0. The molecule has 1 heteroatoms. The van der Waals surface area contributed by atoms with E-state index in [0.29, 0.717) is 0 Å². The first kappa shape index (κ1) is 12.7. The number of nitriles is 1. The smallest absolute Gasteiger partial charge is 0.100 e. The molecule has 0 unspecified atom stereocenters. The van der Waals surface area contributed by atoms with Gasteiger partial charge in [-0.25, -0.2) is 0 Å². The Bertz CT molecular complexity index is 809. The van der Waals surface area contributed by atoms with Crippen molar-refractivity contribution >= 4 is 21.5 Å². The van der Waals surface area contributed by atoms with E-state index in [1.165, 1.54) is 16.3 Å². The second kappa shape index (κ2) is 5.35. The van der Waals surface area contributed by atoms with E-state index >= 15 is 0 Å². The average molecular weight is 259 g/mol. The normalized spacial score (nSPS) is 10.8. The molecule has 0 bridgehead atoms. The molecular formula is C19H17N. The second-order valence-corrected chi connectivity index (χ2v) is 5.24. The molecule has 0 saturated heterocycles. The van der Waals surface area contributed by atoms with E-state index in [1.807, 2.05) is 6.07 Å². The van der Waals surface area contributed by atoms with Gasteiger partial charge in [-0.1, -0.05) is 49.7 Å². The van der Waals surface area contributed by atoms with Crippen molar-refractivity contribution in [3.63, 3.8) is 0 Å². The quantitative estimate of drug-likeness (QED) is 0.592. The van der Waals surface area contributed by atoms with Crippen LogP contribution in [-0.2, 0) is 6.42 Å². The van der Waals surface area contributed by atoms with Gasteiger partial charge < -0.3 is 0 Å². The molecule has 1 nitrogen and oxygen atoms in total. The predicted octanol–water partition coefficient (Wildman–Crippen LogP) is 5.21. The van der Waals surface area contributed by atoms with E-state index in [1.54, 1.807) is 0 Å². The minimum Gasteiger partial charge on any atom is -0.192 e. The molecule has 0 fully saturated rings. The largest absolute Gasteiger partial charge is 0.192 e. The highest BCUT2D eigenvalue weighted by Gasteiger charge is 2.08. The number of aryl methyl sites for hydroxylation is 1. The lowest BCUT2D eigenvalue weighted by Gasteiger charge is -2.09. The molecule has 0 aliphatic rings. The van der Waals surface area contributed by atoms with Gasteiger partial charge in [0.25, 0.3) is 0 Å². The summed E-state index contributed by atoms with van der Waals surface area (Å²) in [5, 5.41) is 14.2. The van der Waals surface area contributed by atoms with Crippen molar-refractivity contribution in [2.24, 2.45) is 0 Å². The Hall–Kier alpha value is -2.33. The lowest BCUT2D eigenvalue weighted by Crippen LogP contribution is -1.92. The fourth-order valence-corrected chi connectivity index (χ4v) is 2.77. The van der Waals surface area contributed by atoms with Crippen molar-refractivity contribution in [3.05, 3.63) is 59.7 Å². The maximum Gasteiger partial charge on any atom is 0.100 e. The van der Waals surface area contributed by atoms with Crippen LogP contribution in [0, 0.1) is 11.3 Å². The molecule has 3 rings (SSSR count). The van der Waals surface area contributed by atoms with Crippen LogP contribution in [0.25, 0.3) is 21.5 Å². The number of nitrogens with zero attached hydrogens (tertiary/aromatic N) is 1. The van der Waals surface area contributed by atoms with Gasteiger partial charge in [-0.3, -0.25) is 0 Å². The van der Waals surface area contributed by atoms with Crippen molar-refractivity contribution < 1.29 is 0 Å². The molecule has 0 N–H and O–H groups in total. The lowest BCUT2D eigenvalue weighted by atomic mass is 9.94. The Morgan fingerprint density at radius 2 is 1.70 bits per heavy atom. The summed E-state index contributed by atoms with van der Waals surface area (Å²) in [6.07, 6.45) is 3.27. The molecule has 98 valence electrons. The molecule has 0 heterocycles. The van der Waals surface area contributed by atoms with E-state index in [9.17, 15) is 5.26 Å². The van der Waals surface area contributed by atoms with Gasteiger partial charge in [0, 0.05) is 5.39 Å². The summed E-state index contributed by atoms with van der Waals surface area (Å²) in [4.78, 5) is 0. The third-order valence-electron chi connectivity index (χ3n) is 3.88. The highest BCUT2D eigenvalue weighted by Crippen LogP contribution is 2.28. The van der Waals surface area contributed by atoms with E-state index in [0.717, 1.165) is 35.6 Å². The Balaban J connectivity index is 2.27. The van der Waals surface area contributed by atoms with Gasteiger partial charge in [-0.15, -0.1) is 0 Å². The SMILES string of the molecule is CCCCc1ccc2cc3ccccc3cc2c1C#N. The predicted molar refractivity (Wildman–Crippen MR) is 84.8 cm³/mol. The minimum atomic E-state index is 0.849. The molecule has 0 saturated carbocycles. The molecular weight excluding hydrogens is 242 g/mol. The lowest BCUT2D eigenvalue weighted by molar-refractivity contribution is 0.794. The number of benzene rings is 3. The molecule has 0 radical (unpaired) electrons. The molecule has 0 aliphatic carbocycles. The first-order valence-electron chi connectivity index (χ1n) is 7.18. The summed E-state index contributed by atoms with van der Waals surface area (Å²) < 4.78 is 0. The van der Waals surface area contributed by atoms with Crippen LogP contribution in [0.15, 0.2) is 48.5 Å². The topological polar surface area (TPSA) is 23.8 Å². The average Bonchev–Trinajstić information content (AvgIpc) is 2.50. The molecule has 20 heavy (non-hydrogen) atoms. The Morgan fingerprint density at radius 3 is 2.40 bits per heavy atom. The zero-order valence-corrected chi connectivity index (χ0v) is 11.7. The van der Waals surface area contributed by atoms with Crippen molar-refractivity contribution in [3.8, 4) is 6.07 Å². The van der Waals surface area contributed by atoms with Crippen molar-refractivity contribution in [1.29, 1.82) is 5.26 Å². The van der Waals surface area contributed by atoms with Crippen LogP contribution in [0.4, 0.5) is 0 Å². The molecule has 0 atom stereocenters. The zero-order valence-electron chi connectivity index (χ0n) is 11.7. The summed E-state index contributed by atoms with van der Waals surface area (Å²) in [6, 6.07) is 19.3. The summed E-state index contributed by atoms with van der Waals surface area (Å²) in [5.41, 5.74) is 2.03. The fourth-order valence-electron chi connectivity index (χ4n) is 2.77. The van der Waals surface area contributed by atoms with Crippen LogP contribution in [0.3, 0.4) is 0 Å². The second-order valence-electron chi connectivity index (χ2n) is 5.24. The van der Waals surface area contributed by atoms with Gasteiger partial charge in [0.1, 0.15) is 6.07 Å². The number of unbranched alkanes of at least 4 members (excludes halogenated alkanes) is 1. The first-order valence-corrected chi connectivity index (χ1v) is 7.18. The van der Waals surface area contributed by atoms with Crippen molar-refractivity contribution in [2.75, 3.05) is 0 Å². The Morgan fingerprint density at radius 1 is 0.950 bits per heavy atom. The van der Waals surface area contributed by atoms with Crippen molar-refractivity contribution in [1.82, 2.24) is 0 Å². The number of hydrogen-bond acceptors (Lipinski definition) is 1. The highest BCUT2D eigenvalue weighted by atomic mass is 14.3. The van der Waals surface area contributed by atoms with Crippen LogP contribution in [0.2, 0.25) is 0 Å². The standard InChI is InChI=1S/C19H17N/c1-2-3-6-14-9-10-17-11-15-7-4-5-8-16(15)12-18(17)19(14)13-20/h4-5,7-12H,2-3,6H2,1H3. The van der Waals surface area contributed by atoms with Crippen LogP contribution < -0.4 is 0 Å². The first-order chi connectivity index (χ1) is 9.83. The molecule has 0 spiro atoms. The molecule has 3 aromatic rings. The summed E-state index contributed by atoms with van der Waals surface area (Å²) in [5.74, 6) is 0. The van der Waals surface area contributed by atoms with Crippen LogP contribution >= 0.6 is 0 Å². The van der Waals surface area contributed by atoms with Crippen LogP contribution in [0.5, 0.6) is 0 Å². The Labute approximate surface area is 119 Å². The Kier molecular flexibility index (Phi) is 3.39. The fraction of sp³-hybridized carbons (Fsp3) is 0.211. The van der Waals surface area contributed by atoms with Gasteiger partial charge in [0.2, 0.25) is 0 Å². The van der Waals surface area contributed by atoms with E-state index in [2.05, 4.69) is 55.5 Å². The van der Waals surface area contributed by atoms with Gasteiger partial charge in [0.05, 0.1) is 5.56 Å². The third kappa shape index (κ3) is 2.14. The molecule has 0 aliphatic heterocycles. The van der Waals surface area contributed by atoms with E-state index in [-0.39, 0.29) is 0 Å². The van der Waals surface area contributed by atoms with Crippen LogP contribution in [-0.4, -0.2) is 0 Å². The summed E-state index contributed by atoms with van der Waals surface area (Å²) in [6.45, 7) is 2.18. The molecule has 3 aromatic carbocycles. The zero-order chi connectivity index (χ0) is 13.9. The van der Waals surface area contributed by atoms with Gasteiger partial charge in [-0.05, 0) is 46.7 Å². The monoisotopic (exact) mass is 259 g/mol. The van der Waals surface area contributed by atoms with Gasteiger partial charge in [-0.2, -0.15) is 5.26 Å². The van der Waals surface area contributed by atoms with Crippen LogP contribution in [0.1, 0.15) is 30.9 Å². The highest BCUT2D eigenvalue weighted by molar-refractivity contribution is 6.01. The summed E-state index contributed by atoms with van der Waals surface area (Å²) >= 11 is 0.